The molecule has 1 atom stereocenters. The highest BCUT2D eigenvalue weighted by Gasteiger charge is 2.32. The largest absolute Gasteiger partial charge is 0.348 e. The molecule has 0 saturated heterocycles. The minimum Gasteiger partial charge on any atom is -0.348 e. The molecular formula is C17H25N5O. The van der Waals surface area contributed by atoms with Crippen LogP contribution in [0.1, 0.15) is 55.0 Å². The van der Waals surface area contributed by atoms with Crippen LogP contribution in [0, 0.1) is 19.3 Å². The van der Waals surface area contributed by atoms with Gasteiger partial charge in [0.05, 0.1) is 11.4 Å². The molecule has 0 radical (unpaired) electrons. The van der Waals surface area contributed by atoms with Crippen LogP contribution in [0.3, 0.4) is 0 Å². The Morgan fingerprint density at radius 2 is 2.17 bits per heavy atom. The summed E-state index contributed by atoms with van der Waals surface area (Å²) >= 11 is 0. The third-order valence-corrected chi connectivity index (χ3v) is 4.89. The van der Waals surface area contributed by atoms with E-state index >= 15 is 0 Å². The van der Waals surface area contributed by atoms with Crippen molar-refractivity contribution in [3.8, 4) is 11.3 Å². The molecule has 2 aromatic rings. The topological polar surface area (TPSA) is 75.6 Å². The Labute approximate surface area is 136 Å². The summed E-state index contributed by atoms with van der Waals surface area (Å²) in [6.07, 6.45) is 3.22. The number of carbonyl (C=O) groups excluding carboxylic acids is 1. The van der Waals surface area contributed by atoms with Crippen LogP contribution in [0.4, 0.5) is 0 Å². The fourth-order valence-corrected chi connectivity index (χ4v) is 3.53. The summed E-state index contributed by atoms with van der Waals surface area (Å²) in [5, 5.41) is 14.7. The van der Waals surface area contributed by atoms with Crippen LogP contribution in [0.5, 0.6) is 0 Å². The quantitative estimate of drug-likeness (QED) is 0.914. The molecule has 0 bridgehead atoms. The Hall–Kier alpha value is -2.11. The van der Waals surface area contributed by atoms with Crippen LogP contribution >= 0.6 is 0 Å². The smallest absolute Gasteiger partial charge is 0.269 e. The summed E-state index contributed by atoms with van der Waals surface area (Å²) in [5.41, 5.74) is 4.54. The maximum atomic E-state index is 12.4. The Bertz CT molecular complexity index is 740. The van der Waals surface area contributed by atoms with Gasteiger partial charge in [-0.3, -0.25) is 14.6 Å². The summed E-state index contributed by atoms with van der Waals surface area (Å²) in [6, 6.07) is 2.07. The molecule has 1 aliphatic rings. The first-order valence-corrected chi connectivity index (χ1v) is 8.14. The highest BCUT2D eigenvalue weighted by molar-refractivity contribution is 5.93. The van der Waals surface area contributed by atoms with Crippen molar-refractivity contribution in [2.45, 2.75) is 53.0 Å². The standard InChI is InChI=1S/C17H25N5O/c1-10-15(11(2)22(5)21-10)13-8-14(20-19-13)16(23)18-12-6-7-17(3,4)9-12/h8,12H,6-7,9H2,1-5H3,(H,18,23)(H,19,20). The van der Waals surface area contributed by atoms with Gasteiger partial charge in [-0.25, -0.2) is 0 Å². The van der Waals surface area contributed by atoms with Gasteiger partial charge in [-0.05, 0) is 44.6 Å². The summed E-state index contributed by atoms with van der Waals surface area (Å²) in [6.45, 7) is 8.46. The number of aryl methyl sites for hydroxylation is 2. The van der Waals surface area contributed by atoms with Crippen molar-refractivity contribution in [3.63, 3.8) is 0 Å². The number of hydrogen-bond acceptors (Lipinski definition) is 3. The molecule has 0 spiro atoms. The zero-order valence-electron chi connectivity index (χ0n) is 14.5. The second-order valence-electron chi connectivity index (χ2n) is 7.41. The maximum Gasteiger partial charge on any atom is 0.269 e. The Balaban J connectivity index is 1.75. The van der Waals surface area contributed by atoms with Crippen molar-refractivity contribution in [2.24, 2.45) is 12.5 Å². The van der Waals surface area contributed by atoms with Crippen molar-refractivity contribution in [1.29, 1.82) is 0 Å². The number of hydrogen-bond donors (Lipinski definition) is 2. The lowest BCUT2D eigenvalue weighted by Crippen LogP contribution is -2.33. The fraction of sp³-hybridized carbons (Fsp3) is 0.588. The number of H-pyrrole nitrogens is 1. The molecule has 23 heavy (non-hydrogen) atoms. The second-order valence-corrected chi connectivity index (χ2v) is 7.41. The molecule has 3 rings (SSSR count). The minimum absolute atomic E-state index is 0.0781. The average molecular weight is 315 g/mol. The first kappa shape index (κ1) is 15.8. The number of amides is 1. The SMILES string of the molecule is Cc1nn(C)c(C)c1-c1cc(C(=O)NC2CCC(C)(C)C2)[nH]n1. The third-order valence-electron chi connectivity index (χ3n) is 4.89. The van der Waals surface area contributed by atoms with E-state index in [4.69, 9.17) is 0 Å². The van der Waals surface area contributed by atoms with Gasteiger partial charge in [-0.1, -0.05) is 13.8 Å². The fourth-order valence-electron chi connectivity index (χ4n) is 3.53. The van der Waals surface area contributed by atoms with Gasteiger partial charge in [0.1, 0.15) is 5.69 Å². The first-order chi connectivity index (χ1) is 10.8. The van der Waals surface area contributed by atoms with Gasteiger partial charge in [0.15, 0.2) is 0 Å². The predicted octanol–water partition coefficient (Wildman–Crippen LogP) is 2.74. The Kier molecular flexibility index (Phi) is 3.78. The van der Waals surface area contributed by atoms with Gasteiger partial charge in [-0.15, -0.1) is 0 Å². The molecule has 6 nitrogen and oxygen atoms in total. The van der Waals surface area contributed by atoms with Gasteiger partial charge in [0, 0.05) is 24.3 Å². The molecule has 0 aliphatic heterocycles. The van der Waals surface area contributed by atoms with Crippen LogP contribution < -0.4 is 5.32 Å². The van der Waals surface area contributed by atoms with Crippen molar-refractivity contribution < 1.29 is 4.79 Å². The molecule has 1 unspecified atom stereocenters. The lowest BCUT2D eigenvalue weighted by molar-refractivity contribution is 0.0931. The average Bonchev–Trinajstić information content (AvgIpc) is 3.11. The predicted molar refractivity (Wildman–Crippen MR) is 89.1 cm³/mol. The van der Waals surface area contributed by atoms with E-state index in [2.05, 4.69) is 34.5 Å². The number of nitrogens with zero attached hydrogens (tertiary/aromatic N) is 3. The number of aromatic amines is 1. The van der Waals surface area contributed by atoms with Gasteiger partial charge >= 0.3 is 0 Å². The van der Waals surface area contributed by atoms with Gasteiger partial charge in [0.2, 0.25) is 0 Å². The van der Waals surface area contributed by atoms with E-state index in [0.29, 0.717) is 11.1 Å². The molecule has 1 amide bonds. The summed E-state index contributed by atoms with van der Waals surface area (Å²) in [5.74, 6) is -0.0781. The van der Waals surface area contributed by atoms with Crippen LogP contribution in [-0.4, -0.2) is 31.9 Å². The molecular weight excluding hydrogens is 290 g/mol. The van der Waals surface area contributed by atoms with Crippen LogP contribution in [0.25, 0.3) is 11.3 Å². The Morgan fingerprint density at radius 1 is 1.43 bits per heavy atom. The maximum absolute atomic E-state index is 12.4. The number of aromatic nitrogens is 4. The normalized spacial score (nSPS) is 20.0. The zero-order chi connectivity index (χ0) is 16.8. The zero-order valence-corrected chi connectivity index (χ0v) is 14.5. The van der Waals surface area contributed by atoms with E-state index in [1.54, 1.807) is 0 Å². The molecule has 2 heterocycles. The third kappa shape index (κ3) is 3.02. The van der Waals surface area contributed by atoms with E-state index in [0.717, 1.165) is 41.9 Å². The minimum atomic E-state index is -0.0781. The first-order valence-electron chi connectivity index (χ1n) is 8.14. The molecule has 1 fully saturated rings. The molecule has 124 valence electrons. The van der Waals surface area contributed by atoms with Crippen molar-refractivity contribution >= 4 is 5.91 Å². The summed E-state index contributed by atoms with van der Waals surface area (Å²) in [7, 11) is 1.91. The van der Waals surface area contributed by atoms with Crippen molar-refractivity contribution in [2.75, 3.05) is 0 Å². The molecule has 6 heteroatoms. The van der Waals surface area contributed by atoms with Gasteiger partial charge in [-0.2, -0.15) is 10.2 Å². The highest BCUT2D eigenvalue weighted by atomic mass is 16.2. The lowest BCUT2D eigenvalue weighted by Gasteiger charge is -2.17. The molecule has 2 N–H and O–H groups in total. The van der Waals surface area contributed by atoms with Gasteiger partial charge in [0.25, 0.3) is 5.91 Å². The van der Waals surface area contributed by atoms with Crippen molar-refractivity contribution in [1.82, 2.24) is 25.3 Å². The summed E-state index contributed by atoms with van der Waals surface area (Å²) in [4.78, 5) is 12.4. The second kappa shape index (κ2) is 5.51. The van der Waals surface area contributed by atoms with Crippen LogP contribution in [0.2, 0.25) is 0 Å². The van der Waals surface area contributed by atoms with E-state index in [1.165, 1.54) is 0 Å². The van der Waals surface area contributed by atoms with E-state index in [1.807, 2.05) is 31.6 Å². The number of carbonyl (C=O) groups is 1. The molecule has 1 aliphatic carbocycles. The van der Waals surface area contributed by atoms with Crippen molar-refractivity contribution in [3.05, 3.63) is 23.1 Å². The lowest BCUT2D eigenvalue weighted by atomic mass is 9.92. The summed E-state index contributed by atoms with van der Waals surface area (Å²) < 4.78 is 1.83. The van der Waals surface area contributed by atoms with E-state index in [-0.39, 0.29) is 11.9 Å². The van der Waals surface area contributed by atoms with Crippen LogP contribution in [-0.2, 0) is 7.05 Å². The number of nitrogens with one attached hydrogen (secondary N) is 2. The monoisotopic (exact) mass is 315 g/mol. The Morgan fingerprint density at radius 3 is 2.74 bits per heavy atom. The van der Waals surface area contributed by atoms with Crippen LogP contribution in [0.15, 0.2) is 6.07 Å². The van der Waals surface area contributed by atoms with Gasteiger partial charge < -0.3 is 5.32 Å². The molecule has 1 saturated carbocycles. The number of rotatable bonds is 3. The molecule has 2 aromatic heterocycles. The van der Waals surface area contributed by atoms with E-state index < -0.39 is 0 Å². The highest BCUT2D eigenvalue weighted by Crippen LogP contribution is 2.37. The van der Waals surface area contributed by atoms with E-state index in [9.17, 15) is 4.79 Å². The molecule has 0 aromatic carbocycles.